The Hall–Kier alpha value is -2.73. The van der Waals surface area contributed by atoms with Crippen molar-refractivity contribution < 1.29 is 27.2 Å². The van der Waals surface area contributed by atoms with Crippen LogP contribution in [0.3, 0.4) is 0 Å². The Labute approximate surface area is 199 Å². The first-order valence-electron chi connectivity index (χ1n) is 11.9. The van der Waals surface area contributed by atoms with E-state index in [1.165, 1.54) is 17.2 Å². The summed E-state index contributed by atoms with van der Waals surface area (Å²) in [4.78, 5) is 31.2. The average Bonchev–Trinajstić information content (AvgIpc) is 3.19. The molecule has 0 spiro atoms. The van der Waals surface area contributed by atoms with E-state index in [1.807, 2.05) is 0 Å². The number of hydrogen-bond donors (Lipinski definition) is 2. The SMILES string of the molecule is O=C1CCN(c2cnc3c(c2)c(C(F)(F)F)cn3C2CCN(CC3(F)CCNCC3)CC2)C(=O)N1. The van der Waals surface area contributed by atoms with Gasteiger partial charge in [0.1, 0.15) is 11.3 Å². The zero-order valence-electron chi connectivity index (χ0n) is 19.2. The summed E-state index contributed by atoms with van der Waals surface area (Å²) in [6.07, 6.45) is 0.0645. The monoisotopic (exact) mass is 496 g/mol. The minimum atomic E-state index is -4.60. The molecule has 3 fully saturated rings. The maximum absolute atomic E-state index is 15.1. The standard InChI is InChI=1S/C23H28F4N6O2/c24-22(4-6-28-7-5-22)14-31-8-1-15(2-9-31)33-13-18(23(25,26)27)17-11-16(12-29-20(17)33)32-10-3-19(34)30-21(32)35/h11-13,15,28H,1-10,14H2,(H,30,34,35). The highest BCUT2D eigenvalue weighted by Gasteiger charge is 2.38. The summed E-state index contributed by atoms with van der Waals surface area (Å²) in [6.45, 7) is 2.95. The lowest BCUT2D eigenvalue weighted by molar-refractivity contribution is -0.136. The van der Waals surface area contributed by atoms with E-state index in [2.05, 4.69) is 20.5 Å². The smallest absolute Gasteiger partial charge is 0.329 e. The van der Waals surface area contributed by atoms with Gasteiger partial charge in [0.05, 0.1) is 17.4 Å². The number of rotatable bonds is 4. The topological polar surface area (TPSA) is 82.5 Å². The zero-order valence-corrected chi connectivity index (χ0v) is 19.2. The second-order valence-electron chi connectivity index (χ2n) is 9.68. The van der Waals surface area contributed by atoms with Crippen LogP contribution in [0.15, 0.2) is 18.5 Å². The van der Waals surface area contributed by atoms with Crippen LogP contribution in [-0.2, 0) is 11.0 Å². The highest BCUT2D eigenvalue weighted by atomic mass is 19.4. The fourth-order valence-corrected chi connectivity index (χ4v) is 5.37. The Morgan fingerprint density at radius 2 is 1.83 bits per heavy atom. The van der Waals surface area contributed by atoms with Crippen molar-refractivity contribution in [2.24, 2.45) is 0 Å². The molecule has 5 rings (SSSR count). The van der Waals surface area contributed by atoms with Crippen molar-refractivity contribution in [2.45, 2.75) is 50.0 Å². The first-order valence-corrected chi connectivity index (χ1v) is 11.9. The third-order valence-electron chi connectivity index (χ3n) is 7.28. The third-order valence-corrected chi connectivity index (χ3v) is 7.28. The number of imide groups is 1. The highest BCUT2D eigenvalue weighted by Crippen LogP contribution is 2.40. The molecule has 12 heteroatoms. The number of hydrogen-bond acceptors (Lipinski definition) is 5. The molecule has 2 aromatic heterocycles. The van der Waals surface area contributed by atoms with E-state index >= 15 is 4.39 Å². The number of carbonyl (C=O) groups is 2. The summed E-state index contributed by atoms with van der Waals surface area (Å²) >= 11 is 0. The first-order chi connectivity index (χ1) is 16.6. The maximum Gasteiger partial charge on any atom is 0.418 e. The molecule has 3 saturated heterocycles. The molecule has 0 aromatic carbocycles. The number of urea groups is 1. The van der Waals surface area contributed by atoms with Gasteiger partial charge in [-0.1, -0.05) is 0 Å². The molecular weight excluding hydrogens is 468 g/mol. The van der Waals surface area contributed by atoms with Crippen LogP contribution in [0.4, 0.5) is 28.0 Å². The van der Waals surface area contributed by atoms with Crippen LogP contribution in [0.5, 0.6) is 0 Å². The molecule has 0 bridgehead atoms. The maximum atomic E-state index is 15.1. The molecule has 8 nitrogen and oxygen atoms in total. The second-order valence-corrected chi connectivity index (χ2v) is 9.68. The molecule has 190 valence electrons. The summed E-state index contributed by atoms with van der Waals surface area (Å²) in [7, 11) is 0. The number of pyridine rings is 1. The Balaban J connectivity index is 1.38. The average molecular weight is 497 g/mol. The van der Waals surface area contributed by atoms with Crippen molar-refractivity contribution in [3.8, 4) is 0 Å². The number of alkyl halides is 4. The predicted octanol–water partition coefficient (Wildman–Crippen LogP) is 3.23. The summed E-state index contributed by atoms with van der Waals surface area (Å²) in [5.74, 6) is -0.424. The van der Waals surface area contributed by atoms with Crippen molar-refractivity contribution in [1.29, 1.82) is 0 Å². The van der Waals surface area contributed by atoms with Crippen LogP contribution < -0.4 is 15.5 Å². The number of likely N-dealkylation sites (tertiary alicyclic amines) is 1. The molecule has 3 amide bonds. The van der Waals surface area contributed by atoms with Gasteiger partial charge in [0.2, 0.25) is 5.91 Å². The largest absolute Gasteiger partial charge is 0.418 e. The highest BCUT2D eigenvalue weighted by molar-refractivity contribution is 6.06. The Morgan fingerprint density at radius 1 is 1.11 bits per heavy atom. The number of nitrogens with one attached hydrogen (secondary N) is 2. The van der Waals surface area contributed by atoms with E-state index in [1.54, 1.807) is 4.57 Å². The van der Waals surface area contributed by atoms with Crippen molar-refractivity contribution >= 4 is 28.7 Å². The molecule has 0 saturated carbocycles. The quantitative estimate of drug-likeness (QED) is 0.636. The predicted molar refractivity (Wildman–Crippen MR) is 121 cm³/mol. The van der Waals surface area contributed by atoms with Gasteiger partial charge >= 0.3 is 12.2 Å². The molecule has 0 aliphatic carbocycles. The van der Waals surface area contributed by atoms with Gasteiger partial charge in [0.25, 0.3) is 0 Å². The van der Waals surface area contributed by atoms with Gasteiger partial charge in [0, 0.05) is 50.2 Å². The summed E-state index contributed by atoms with van der Waals surface area (Å²) in [6, 6.07) is 0.445. The Kier molecular flexibility index (Phi) is 6.20. The van der Waals surface area contributed by atoms with Gasteiger partial charge in [-0.3, -0.25) is 15.0 Å². The molecule has 35 heavy (non-hydrogen) atoms. The van der Waals surface area contributed by atoms with Crippen LogP contribution in [0.2, 0.25) is 0 Å². The minimum absolute atomic E-state index is 0.0617. The van der Waals surface area contributed by atoms with Crippen LogP contribution in [-0.4, -0.2) is 71.3 Å². The molecule has 2 aromatic rings. The third kappa shape index (κ3) is 4.86. The van der Waals surface area contributed by atoms with Gasteiger partial charge < -0.3 is 14.8 Å². The molecule has 5 heterocycles. The molecule has 2 N–H and O–H groups in total. The van der Waals surface area contributed by atoms with Crippen molar-refractivity contribution in [3.05, 3.63) is 24.0 Å². The van der Waals surface area contributed by atoms with Crippen LogP contribution >= 0.6 is 0 Å². The van der Waals surface area contributed by atoms with E-state index < -0.39 is 29.3 Å². The molecular formula is C23H28F4N6O2. The lowest BCUT2D eigenvalue weighted by Crippen LogP contribution is -2.49. The zero-order chi connectivity index (χ0) is 24.8. The van der Waals surface area contributed by atoms with Crippen molar-refractivity contribution in [3.63, 3.8) is 0 Å². The lowest BCUT2D eigenvalue weighted by atomic mass is 9.92. The van der Waals surface area contributed by atoms with Crippen molar-refractivity contribution in [1.82, 2.24) is 25.1 Å². The number of halogens is 4. The van der Waals surface area contributed by atoms with E-state index in [4.69, 9.17) is 0 Å². The van der Waals surface area contributed by atoms with Gasteiger partial charge in [-0.2, -0.15) is 13.2 Å². The summed E-state index contributed by atoms with van der Waals surface area (Å²) in [5.41, 5.74) is -1.62. The fourth-order valence-electron chi connectivity index (χ4n) is 5.37. The van der Waals surface area contributed by atoms with Crippen LogP contribution in [0.25, 0.3) is 11.0 Å². The Bertz CT molecular complexity index is 1120. The normalized spacial score (nSPS) is 22.6. The van der Waals surface area contributed by atoms with Gasteiger partial charge in [-0.15, -0.1) is 0 Å². The van der Waals surface area contributed by atoms with Crippen LogP contribution in [0.1, 0.15) is 43.7 Å². The summed E-state index contributed by atoms with van der Waals surface area (Å²) in [5, 5.41) is 5.25. The van der Waals surface area contributed by atoms with Gasteiger partial charge in [-0.25, -0.2) is 14.2 Å². The fraction of sp³-hybridized carbons (Fsp3) is 0.609. The Morgan fingerprint density at radius 3 is 2.49 bits per heavy atom. The molecule has 0 radical (unpaired) electrons. The number of piperidine rings is 2. The number of nitrogens with zero attached hydrogens (tertiary/aromatic N) is 4. The second kappa shape index (κ2) is 9.05. The van der Waals surface area contributed by atoms with E-state index in [0.29, 0.717) is 58.4 Å². The van der Waals surface area contributed by atoms with Gasteiger partial charge in [-0.05, 0) is 44.8 Å². The number of aromatic nitrogens is 2. The first kappa shape index (κ1) is 24.0. The molecule has 0 atom stereocenters. The van der Waals surface area contributed by atoms with Crippen molar-refractivity contribution in [2.75, 3.05) is 44.2 Å². The number of amides is 3. The lowest BCUT2D eigenvalue weighted by Gasteiger charge is -2.39. The molecule has 0 unspecified atom stereocenters. The van der Waals surface area contributed by atoms with E-state index in [9.17, 15) is 22.8 Å². The van der Waals surface area contributed by atoms with E-state index in [-0.39, 0.29) is 35.7 Å². The molecule has 3 aliphatic heterocycles. The molecule has 3 aliphatic rings. The summed E-state index contributed by atoms with van der Waals surface area (Å²) < 4.78 is 58.5. The van der Waals surface area contributed by atoms with Crippen LogP contribution in [0, 0.1) is 0 Å². The minimum Gasteiger partial charge on any atom is -0.329 e. The number of fused-ring (bicyclic) bond motifs is 1. The van der Waals surface area contributed by atoms with E-state index in [0.717, 1.165) is 6.20 Å². The van der Waals surface area contributed by atoms with Gasteiger partial charge in [0.15, 0.2) is 0 Å². The number of carbonyl (C=O) groups excluding carboxylic acids is 2. The number of anilines is 1.